The van der Waals surface area contributed by atoms with E-state index >= 15 is 0 Å². The molecule has 0 aromatic rings. The van der Waals surface area contributed by atoms with Crippen molar-refractivity contribution in [3.8, 4) is 0 Å². The van der Waals surface area contributed by atoms with Gasteiger partial charge in [0.1, 0.15) is 9.84 Å². The Morgan fingerprint density at radius 2 is 2.06 bits per heavy atom. The van der Waals surface area contributed by atoms with Crippen molar-refractivity contribution >= 4 is 21.6 Å². The van der Waals surface area contributed by atoms with E-state index in [-0.39, 0.29) is 17.0 Å². The summed E-state index contributed by atoms with van der Waals surface area (Å²) >= 11 is 1.63. The van der Waals surface area contributed by atoms with E-state index in [1.807, 2.05) is 0 Å². The van der Waals surface area contributed by atoms with Gasteiger partial charge in [-0.1, -0.05) is 0 Å². The summed E-state index contributed by atoms with van der Waals surface area (Å²) in [7, 11) is -2.89. The Balaban J connectivity index is 1.86. The van der Waals surface area contributed by atoms with Gasteiger partial charge < -0.3 is 15.2 Å². The van der Waals surface area contributed by atoms with Crippen LogP contribution in [0.3, 0.4) is 0 Å². The summed E-state index contributed by atoms with van der Waals surface area (Å²) in [6.07, 6.45) is 3.75. The van der Waals surface area contributed by atoms with Gasteiger partial charge in [0.25, 0.3) is 0 Å². The van der Waals surface area contributed by atoms with Gasteiger partial charge in [-0.3, -0.25) is 0 Å². The predicted molar refractivity (Wildman–Crippen MR) is 72.4 cm³/mol. The summed E-state index contributed by atoms with van der Waals surface area (Å²) in [5.74, 6) is 0.349. The largest absolute Gasteiger partial charge is 0.347 e. The zero-order chi connectivity index (χ0) is 13.2. The first-order valence-corrected chi connectivity index (χ1v) is 9.34. The number of thioether (sulfide) groups is 1. The summed E-state index contributed by atoms with van der Waals surface area (Å²) in [5.41, 5.74) is 6.10. The van der Waals surface area contributed by atoms with Gasteiger partial charge in [-0.15, -0.1) is 0 Å². The highest BCUT2D eigenvalue weighted by molar-refractivity contribution is 8.01. The third-order valence-electron chi connectivity index (χ3n) is 3.45. The molecule has 0 amide bonds. The summed E-state index contributed by atoms with van der Waals surface area (Å²) in [4.78, 5) is 0. The van der Waals surface area contributed by atoms with Crippen LogP contribution in [0.1, 0.15) is 19.3 Å². The molecule has 5 nitrogen and oxygen atoms in total. The molecule has 2 fully saturated rings. The first kappa shape index (κ1) is 14.6. The molecule has 0 bridgehead atoms. The highest BCUT2D eigenvalue weighted by atomic mass is 32.2. The summed E-state index contributed by atoms with van der Waals surface area (Å²) in [6, 6.07) is 0.105. The first-order valence-electron chi connectivity index (χ1n) is 6.23. The maximum absolute atomic E-state index is 11.1. The van der Waals surface area contributed by atoms with Crippen molar-refractivity contribution in [2.45, 2.75) is 36.3 Å². The Bertz CT molecular complexity index is 379. The van der Waals surface area contributed by atoms with Gasteiger partial charge in [0.2, 0.25) is 0 Å². The van der Waals surface area contributed by atoms with E-state index in [9.17, 15) is 8.42 Å². The van der Waals surface area contributed by atoms with Crippen LogP contribution in [-0.4, -0.2) is 56.5 Å². The van der Waals surface area contributed by atoms with Crippen molar-refractivity contribution < 1.29 is 17.9 Å². The van der Waals surface area contributed by atoms with Crippen molar-refractivity contribution in [3.05, 3.63) is 0 Å². The van der Waals surface area contributed by atoms with Crippen molar-refractivity contribution in [2.75, 3.05) is 31.0 Å². The zero-order valence-corrected chi connectivity index (χ0v) is 12.3. The molecular formula is C11H21NO4S2. The molecule has 2 unspecified atom stereocenters. The fourth-order valence-electron chi connectivity index (χ4n) is 2.43. The molecule has 2 atom stereocenters. The van der Waals surface area contributed by atoms with Crippen molar-refractivity contribution in [1.82, 2.24) is 0 Å². The van der Waals surface area contributed by atoms with Crippen LogP contribution in [0.4, 0.5) is 0 Å². The van der Waals surface area contributed by atoms with Crippen molar-refractivity contribution in [3.63, 3.8) is 0 Å². The third-order valence-corrected chi connectivity index (χ3v) is 6.04. The molecule has 1 aliphatic carbocycles. The maximum atomic E-state index is 11.1. The molecule has 1 aliphatic heterocycles. The highest BCUT2D eigenvalue weighted by Gasteiger charge is 2.44. The normalized spacial score (nSPS) is 31.9. The molecule has 2 N–H and O–H groups in total. The Hall–Kier alpha value is 0.180. The lowest BCUT2D eigenvalue weighted by Gasteiger charge is -2.39. The van der Waals surface area contributed by atoms with Crippen LogP contribution in [0.15, 0.2) is 0 Å². The van der Waals surface area contributed by atoms with E-state index in [1.54, 1.807) is 11.8 Å². The van der Waals surface area contributed by atoms with Crippen LogP contribution < -0.4 is 5.73 Å². The van der Waals surface area contributed by atoms with Crippen LogP contribution >= 0.6 is 11.8 Å². The zero-order valence-electron chi connectivity index (χ0n) is 10.6. The van der Waals surface area contributed by atoms with Gasteiger partial charge in [0, 0.05) is 36.1 Å². The second-order valence-electron chi connectivity index (χ2n) is 5.05. The summed E-state index contributed by atoms with van der Waals surface area (Å²) in [6.45, 7) is 1.30. The topological polar surface area (TPSA) is 78.6 Å². The van der Waals surface area contributed by atoms with Crippen LogP contribution in [0.25, 0.3) is 0 Å². The molecule has 0 aromatic carbocycles. The monoisotopic (exact) mass is 295 g/mol. The fourth-order valence-corrected chi connectivity index (χ4v) is 5.08. The summed E-state index contributed by atoms with van der Waals surface area (Å²) in [5, 5.41) is 0.221. The van der Waals surface area contributed by atoms with E-state index in [1.165, 1.54) is 6.26 Å². The second kappa shape index (κ2) is 5.66. The molecule has 1 spiro atoms. The maximum Gasteiger partial charge on any atom is 0.169 e. The number of nitrogens with two attached hydrogens (primary N) is 1. The average molecular weight is 295 g/mol. The minimum atomic E-state index is -2.89. The second-order valence-corrected chi connectivity index (χ2v) is 8.66. The van der Waals surface area contributed by atoms with Gasteiger partial charge in [0.15, 0.2) is 5.79 Å². The first-order chi connectivity index (χ1) is 8.40. The van der Waals surface area contributed by atoms with Crippen LogP contribution in [-0.2, 0) is 19.3 Å². The lowest BCUT2D eigenvalue weighted by molar-refractivity contribution is -0.176. The van der Waals surface area contributed by atoms with E-state index in [4.69, 9.17) is 15.2 Å². The van der Waals surface area contributed by atoms with E-state index < -0.39 is 15.6 Å². The molecule has 1 saturated carbocycles. The molecule has 1 saturated heterocycles. The van der Waals surface area contributed by atoms with Crippen molar-refractivity contribution in [2.24, 2.45) is 5.73 Å². The Kier molecular flexibility index (Phi) is 4.59. The van der Waals surface area contributed by atoms with Crippen LogP contribution in [0.2, 0.25) is 0 Å². The number of sulfone groups is 1. The molecule has 2 rings (SSSR count). The number of rotatable bonds is 4. The lowest BCUT2D eigenvalue weighted by Crippen LogP contribution is -2.47. The molecule has 1 heterocycles. The molecule has 0 aromatic heterocycles. The van der Waals surface area contributed by atoms with Crippen LogP contribution in [0, 0.1) is 0 Å². The summed E-state index contributed by atoms with van der Waals surface area (Å²) < 4.78 is 33.6. The van der Waals surface area contributed by atoms with E-state index in [0.29, 0.717) is 19.0 Å². The van der Waals surface area contributed by atoms with Gasteiger partial charge in [-0.25, -0.2) is 8.42 Å². The smallest absolute Gasteiger partial charge is 0.169 e. The number of hydrogen-bond acceptors (Lipinski definition) is 6. The highest BCUT2D eigenvalue weighted by Crippen LogP contribution is 2.39. The van der Waals surface area contributed by atoms with Gasteiger partial charge in [-0.05, 0) is 6.42 Å². The van der Waals surface area contributed by atoms with E-state index in [2.05, 4.69) is 0 Å². The Labute approximate surface area is 113 Å². The number of ether oxygens (including phenoxy) is 2. The molecular weight excluding hydrogens is 274 g/mol. The van der Waals surface area contributed by atoms with Gasteiger partial charge in [0.05, 0.1) is 19.0 Å². The predicted octanol–water partition coefficient (Wildman–Crippen LogP) is 0.387. The SMILES string of the molecule is CS(=O)(=O)CCSC1CC2(CCC1N)OCCO2. The standard InChI is InChI=1S/C11H21NO4S2/c1-18(13,14)7-6-17-10-8-11(3-2-9(10)12)15-4-5-16-11/h9-10H,2-8,12H2,1H3. The van der Waals surface area contributed by atoms with Crippen LogP contribution in [0.5, 0.6) is 0 Å². The lowest BCUT2D eigenvalue weighted by atomic mass is 9.90. The van der Waals surface area contributed by atoms with Gasteiger partial charge >= 0.3 is 0 Å². The molecule has 2 aliphatic rings. The Morgan fingerprint density at radius 3 is 2.67 bits per heavy atom. The van der Waals surface area contributed by atoms with E-state index in [0.717, 1.165) is 19.3 Å². The van der Waals surface area contributed by atoms with Gasteiger partial charge in [-0.2, -0.15) is 11.8 Å². The number of hydrogen-bond donors (Lipinski definition) is 1. The quantitative estimate of drug-likeness (QED) is 0.808. The molecule has 0 radical (unpaired) electrons. The average Bonchev–Trinajstić information content (AvgIpc) is 2.71. The molecule has 7 heteroatoms. The Morgan fingerprint density at radius 1 is 1.39 bits per heavy atom. The van der Waals surface area contributed by atoms with Crippen molar-refractivity contribution in [1.29, 1.82) is 0 Å². The molecule has 106 valence electrons. The minimum absolute atomic E-state index is 0.105. The third kappa shape index (κ3) is 3.84. The molecule has 18 heavy (non-hydrogen) atoms. The fraction of sp³-hybridized carbons (Fsp3) is 1.00. The minimum Gasteiger partial charge on any atom is -0.347 e.